The maximum atomic E-state index is 12.7. The lowest BCUT2D eigenvalue weighted by atomic mass is 9.95. The Morgan fingerprint density at radius 3 is 2.77 bits per heavy atom. The number of thiophene rings is 1. The molecule has 22 heavy (non-hydrogen) atoms. The summed E-state index contributed by atoms with van der Waals surface area (Å²) in [6.07, 6.45) is 7.65. The second-order valence-electron chi connectivity index (χ2n) is 6.77. The summed E-state index contributed by atoms with van der Waals surface area (Å²) >= 11 is 1.70. The SMILES string of the molecule is CC[C@@H]1CCCN(C(=O)c2ccc(CN3CCCCC3)s2)C1. The molecule has 0 unspecified atom stereocenters. The minimum Gasteiger partial charge on any atom is -0.338 e. The Bertz CT molecular complexity index is 493. The van der Waals surface area contributed by atoms with Gasteiger partial charge in [-0.25, -0.2) is 0 Å². The van der Waals surface area contributed by atoms with Crippen molar-refractivity contribution in [1.29, 1.82) is 0 Å². The Balaban J connectivity index is 1.58. The molecular formula is C18H28N2OS. The minimum absolute atomic E-state index is 0.257. The standard InChI is InChI=1S/C18H28N2OS/c1-2-15-7-6-12-20(13-15)18(21)17-9-8-16(22-17)14-19-10-4-3-5-11-19/h8-9,15H,2-7,10-14H2,1H3/t15-/m1/s1. The van der Waals surface area contributed by atoms with Crippen molar-refractivity contribution in [2.24, 2.45) is 5.92 Å². The maximum absolute atomic E-state index is 12.7. The van der Waals surface area contributed by atoms with E-state index in [1.54, 1.807) is 11.3 Å². The van der Waals surface area contributed by atoms with Crippen LogP contribution in [0.2, 0.25) is 0 Å². The highest BCUT2D eigenvalue weighted by Gasteiger charge is 2.24. The van der Waals surface area contributed by atoms with Crippen LogP contribution in [0.15, 0.2) is 12.1 Å². The van der Waals surface area contributed by atoms with Gasteiger partial charge in [0.1, 0.15) is 0 Å². The molecule has 1 aromatic heterocycles. The molecular weight excluding hydrogens is 292 g/mol. The van der Waals surface area contributed by atoms with Gasteiger partial charge in [-0.2, -0.15) is 0 Å². The van der Waals surface area contributed by atoms with E-state index in [-0.39, 0.29) is 5.91 Å². The minimum atomic E-state index is 0.257. The van der Waals surface area contributed by atoms with Crippen LogP contribution in [0.3, 0.4) is 0 Å². The summed E-state index contributed by atoms with van der Waals surface area (Å²) in [6, 6.07) is 4.20. The van der Waals surface area contributed by atoms with Gasteiger partial charge in [0.05, 0.1) is 4.88 Å². The first-order valence-corrected chi connectivity index (χ1v) is 9.68. The fraction of sp³-hybridized carbons (Fsp3) is 0.722. The summed E-state index contributed by atoms with van der Waals surface area (Å²) < 4.78 is 0. The summed E-state index contributed by atoms with van der Waals surface area (Å²) in [7, 11) is 0. The van der Waals surface area contributed by atoms with Gasteiger partial charge in [-0.1, -0.05) is 19.8 Å². The average Bonchev–Trinajstić information content (AvgIpc) is 3.03. The smallest absolute Gasteiger partial charge is 0.263 e. The summed E-state index contributed by atoms with van der Waals surface area (Å²) in [5.74, 6) is 0.957. The first-order chi connectivity index (χ1) is 10.8. The zero-order chi connectivity index (χ0) is 15.4. The Kier molecular flexibility index (Phi) is 5.53. The van der Waals surface area contributed by atoms with E-state index in [1.807, 2.05) is 6.07 Å². The van der Waals surface area contributed by atoms with Crippen molar-refractivity contribution >= 4 is 17.2 Å². The zero-order valence-corrected chi connectivity index (χ0v) is 14.5. The van der Waals surface area contributed by atoms with E-state index in [0.29, 0.717) is 5.92 Å². The predicted octanol–water partition coefficient (Wildman–Crippen LogP) is 4.00. The van der Waals surface area contributed by atoms with Gasteiger partial charge in [0.2, 0.25) is 0 Å². The second-order valence-corrected chi connectivity index (χ2v) is 7.94. The Morgan fingerprint density at radius 2 is 2.00 bits per heavy atom. The van der Waals surface area contributed by atoms with Gasteiger partial charge in [-0.3, -0.25) is 9.69 Å². The molecule has 1 amide bonds. The van der Waals surface area contributed by atoms with Gasteiger partial charge in [-0.05, 0) is 56.8 Å². The predicted molar refractivity (Wildman–Crippen MR) is 92.4 cm³/mol. The van der Waals surface area contributed by atoms with Gasteiger partial charge in [0.25, 0.3) is 5.91 Å². The van der Waals surface area contributed by atoms with Gasteiger partial charge in [0, 0.05) is 24.5 Å². The van der Waals surface area contributed by atoms with Crippen LogP contribution < -0.4 is 0 Å². The molecule has 0 N–H and O–H groups in total. The van der Waals surface area contributed by atoms with Crippen LogP contribution in [-0.2, 0) is 6.54 Å². The number of nitrogens with zero attached hydrogens (tertiary/aromatic N) is 2. The highest BCUT2D eigenvalue weighted by atomic mass is 32.1. The Hall–Kier alpha value is -0.870. The first kappa shape index (κ1) is 16.0. The summed E-state index contributed by atoms with van der Waals surface area (Å²) in [6.45, 7) is 7.58. The molecule has 3 rings (SSSR count). The highest BCUT2D eigenvalue weighted by molar-refractivity contribution is 7.14. The third kappa shape index (κ3) is 3.90. The van der Waals surface area contributed by atoms with Gasteiger partial charge in [0.15, 0.2) is 0 Å². The van der Waals surface area contributed by atoms with Crippen LogP contribution in [0.4, 0.5) is 0 Å². The van der Waals surface area contributed by atoms with Crippen LogP contribution in [0, 0.1) is 5.92 Å². The van der Waals surface area contributed by atoms with E-state index < -0.39 is 0 Å². The number of carbonyl (C=O) groups excluding carboxylic acids is 1. The van der Waals surface area contributed by atoms with E-state index in [1.165, 1.54) is 50.1 Å². The highest BCUT2D eigenvalue weighted by Crippen LogP contribution is 2.25. The van der Waals surface area contributed by atoms with Crippen molar-refractivity contribution < 1.29 is 4.79 Å². The molecule has 0 radical (unpaired) electrons. The van der Waals surface area contributed by atoms with Crippen LogP contribution in [0.25, 0.3) is 0 Å². The van der Waals surface area contributed by atoms with Crippen LogP contribution in [0.5, 0.6) is 0 Å². The van der Waals surface area contributed by atoms with Crippen LogP contribution in [0.1, 0.15) is 60.0 Å². The molecule has 2 aliphatic heterocycles. The average molecular weight is 321 g/mol. The molecule has 0 saturated carbocycles. The molecule has 0 bridgehead atoms. The number of piperidine rings is 2. The molecule has 0 spiro atoms. The first-order valence-electron chi connectivity index (χ1n) is 8.86. The largest absolute Gasteiger partial charge is 0.338 e. The number of hydrogen-bond acceptors (Lipinski definition) is 3. The topological polar surface area (TPSA) is 23.6 Å². The number of likely N-dealkylation sites (tertiary alicyclic amines) is 2. The molecule has 0 aliphatic carbocycles. The van der Waals surface area contributed by atoms with Gasteiger partial charge >= 0.3 is 0 Å². The quantitative estimate of drug-likeness (QED) is 0.837. The summed E-state index contributed by atoms with van der Waals surface area (Å²) in [4.78, 5) is 19.6. The van der Waals surface area contributed by atoms with Crippen molar-refractivity contribution in [3.8, 4) is 0 Å². The lowest BCUT2D eigenvalue weighted by molar-refractivity contribution is 0.0676. The van der Waals surface area contributed by atoms with Gasteiger partial charge < -0.3 is 4.90 Å². The van der Waals surface area contributed by atoms with E-state index in [4.69, 9.17) is 0 Å². The number of rotatable bonds is 4. The fourth-order valence-corrected chi connectivity index (χ4v) is 4.67. The molecule has 2 saturated heterocycles. The molecule has 4 heteroatoms. The fourth-order valence-electron chi connectivity index (χ4n) is 3.65. The molecule has 3 nitrogen and oxygen atoms in total. The van der Waals surface area contributed by atoms with E-state index >= 15 is 0 Å². The van der Waals surface area contributed by atoms with Crippen LogP contribution in [-0.4, -0.2) is 41.9 Å². The Labute approximate surface area is 138 Å². The number of amides is 1. The molecule has 1 atom stereocenters. The van der Waals surface area contributed by atoms with Crippen molar-refractivity contribution in [2.45, 2.75) is 52.0 Å². The monoisotopic (exact) mass is 320 g/mol. The van der Waals surface area contributed by atoms with Crippen molar-refractivity contribution in [3.63, 3.8) is 0 Å². The lowest BCUT2D eigenvalue weighted by Crippen LogP contribution is -2.39. The van der Waals surface area contributed by atoms with Crippen molar-refractivity contribution in [3.05, 3.63) is 21.9 Å². The molecule has 3 heterocycles. The number of hydrogen-bond donors (Lipinski definition) is 0. The van der Waals surface area contributed by atoms with Crippen molar-refractivity contribution in [2.75, 3.05) is 26.2 Å². The Morgan fingerprint density at radius 1 is 1.18 bits per heavy atom. The third-order valence-electron chi connectivity index (χ3n) is 5.08. The third-order valence-corrected chi connectivity index (χ3v) is 6.14. The second kappa shape index (κ2) is 7.60. The molecule has 2 fully saturated rings. The van der Waals surface area contributed by atoms with E-state index in [0.717, 1.165) is 30.9 Å². The normalized spacial score (nSPS) is 23.7. The number of carbonyl (C=O) groups is 1. The summed E-state index contributed by atoms with van der Waals surface area (Å²) in [5.41, 5.74) is 0. The molecule has 1 aromatic rings. The maximum Gasteiger partial charge on any atom is 0.263 e. The molecule has 0 aromatic carbocycles. The lowest BCUT2D eigenvalue weighted by Gasteiger charge is -2.32. The van der Waals surface area contributed by atoms with Gasteiger partial charge in [-0.15, -0.1) is 11.3 Å². The van der Waals surface area contributed by atoms with Crippen LogP contribution >= 0.6 is 11.3 Å². The molecule has 122 valence electrons. The van der Waals surface area contributed by atoms with E-state index in [2.05, 4.69) is 22.8 Å². The van der Waals surface area contributed by atoms with Crippen molar-refractivity contribution in [1.82, 2.24) is 9.80 Å². The summed E-state index contributed by atoms with van der Waals surface area (Å²) in [5, 5.41) is 0. The van der Waals surface area contributed by atoms with E-state index in [9.17, 15) is 4.79 Å². The molecule has 2 aliphatic rings. The zero-order valence-electron chi connectivity index (χ0n) is 13.7.